The molecule has 0 radical (unpaired) electrons. The fourth-order valence-corrected chi connectivity index (χ4v) is 2.69. The predicted octanol–water partition coefficient (Wildman–Crippen LogP) is 1.35. The van der Waals surface area contributed by atoms with Crippen LogP contribution in [0, 0.1) is 0 Å². The number of benzene rings is 1. The first kappa shape index (κ1) is 20.3. The Kier molecular flexibility index (Phi) is 9.06. The van der Waals surface area contributed by atoms with Crippen LogP contribution in [-0.4, -0.2) is 76.6 Å². The van der Waals surface area contributed by atoms with Crippen molar-refractivity contribution in [3.63, 3.8) is 0 Å². The minimum atomic E-state index is -0.0546. The summed E-state index contributed by atoms with van der Waals surface area (Å²) >= 11 is 0. The topological polar surface area (TPSA) is 67.4 Å². The molecule has 0 spiro atoms. The van der Waals surface area contributed by atoms with Crippen molar-refractivity contribution in [1.82, 2.24) is 15.5 Å². The lowest BCUT2D eigenvalue weighted by molar-refractivity contribution is 0.0389. The molecule has 0 aromatic heterocycles. The Balaban J connectivity index is 1.79. The lowest BCUT2D eigenvalue weighted by atomic mass is 10.3. The molecule has 146 valence electrons. The molecular formula is C19H32N4O3. The van der Waals surface area contributed by atoms with Crippen molar-refractivity contribution in [2.24, 2.45) is 4.99 Å². The van der Waals surface area contributed by atoms with E-state index in [4.69, 9.17) is 14.2 Å². The van der Waals surface area contributed by atoms with Crippen molar-refractivity contribution in [3.05, 3.63) is 24.3 Å². The summed E-state index contributed by atoms with van der Waals surface area (Å²) in [5, 5.41) is 6.66. The summed E-state index contributed by atoms with van der Waals surface area (Å²) in [6.07, 6.45) is -0.0546. The quantitative estimate of drug-likeness (QED) is 0.509. The fourth-order valence-electron chi connectivity index (χ4n) is 2.69. The molecule has 1 aromatic rings. The van der Waals surface area contributed by atoms with E-state index in [-0.39, 0.29) is 6.10 Å². The molecule has 0 amide bonds. The molecule has 0 bridgehead atoms. The highest BCUT2D eigenvalue weighted by Crippen LogP contribution is 2.26. The van der Waals surface area contributed by atoms with Crippen LogP contribution in [0.25, 0.3) is 0 Å². The van der Waals surface area contributed by atoms with Gasteiger partial charge in [0.2, 0.25) is 0 Å². The van der Waals surface area contributed by atoms with Crippen LogP contribution in [0.5, 0.6) is 11.5 Å². The summed E-state index contributed by atoms with van der Waals surface area (Å²) in [5.41, 5.74) is 0. The number of morpholine rings is 1. The van der Waals surface area contributed by atoms with E-state index < -0.39 is 0 Å². The van der Waals surface area contributed by atoms with Gasteiger partial charge < -0.3 is 24.8 Å². The zero-order chi connectivity index (χ0) is 18.6. The van der Waals surface area contributed by atoms with Gasteiger partial charge in [0.25, 0.3) is 0 Å². The third kappa shape index (κ3) is 7.09. The molecule has 0 saturated carbocycles. The molecule has 0 aliphatic carbocycles. The summed E-state index contributed by atoms with van der Waals surface area (Å²) in [6, 6.07) is 7.66. The van der Waals surface area contributed by atoms with Crippen LogP contribution in [0.4, 0.5) is 0 Å². The van der Waals surface area contributed by atoms with Gasteiger partial charge in [-0.05, 0) is 26.0 Å². The van der Waals surface area contributed by atoms with Gasteiger partial charge in [0.05, 0.1) is 26.9 Å². The fraction of sp³-hybridized carbons (Fsp3) is 0.632. The van der Waals surface area contributed by atoms with Gasteiger partial charge in [-0.25, -0.2) is 4.99 Å². The Bertz CT molecular complexity index is 547. The average molecular weight is 364 g/mol. The molecule has 7 heteroatoms. The lowest BCUT2D eigenvalue weighted by Crippen LogP contribution is -2.44. The second kappa shape index (κ2) is 11.6. The number of para-hydroxylation sites is 2. The number of guanidine groups is 1. The van der Waals surface area contributed by atoms with Crippen LogP contribution in [0.1, 0.15) is 13.8 Å². The summed E-state index contributed by atoms with van der Waals surface area (Å²) < 4.78 is 16.7. The maximum atomic E-state index is 5.95. The van der Waals surface area contributed by atoms with E-state index in [1.165, 1.54) is 0 Å². The van der Waals surface area contributed by atoms with Gasteiger partial charge >= 0.3 is 0 Å². The third-order valence-corrected chi connectivity index (χ3v) is 4.07. The number of hydrogen-bond donors (Lipinski definition) is 2. The Hall–Kier alpha value is -1.99. The Morgan fingerprint density at radius 1 is 1.23 bits per heavy atom. The summed E-state index contributed by atoms with van der Waals surface area (Å²) in [7, 11) is 1.65. The maximum Gasteiger partial charge on any atom is 0.191 e. The smallest absolute Gasteiger partial charge is 0.191 e. The Labute approximate surface area is 156 Å². The number of aliphatic imine (C=N–C) groups is 1. The molecule has 1 aromatic carbocycles. The number of methoxy groups -OCH3 is 1. The Morgan fingerprint density at radius 3 is 2.65 bits per heavy atom. The molecule has 2 rings (SSSR count). The molecule has 1 unspecified atom stereocenters. The maximum absolute atomic E-state index is 5.95. The van der Waals surface area contributed by atoms with Gasteiger partial charge in [-0.1, -0.05) is 12.1 Å². The summed E-state index contributed by atoms with van der Waals surface area (Å²) in [6.45, 7) is 10.9. The molecule has 2 N–H and O–H groups in total. The number of nitrogens with one attached hydrogen (secondary N) is 2. The molecule has 1 atom stereocenters. The van der Waals surface area contributed by atoms with Crippen molar-refractivity contribution in [1.29, 1.82) is 0 Å². The minimum Gasteiger partial charge on any atom is -0.493 e. The molecule has 1 saturated heterocycles. The molecule has 1 heterocycles. The zero-order valence-electron chi connectivity index (χ0n) is 16.2. The molecule has 1 fully saturated rings. The largest absolute Gasteiger partial charge is 0.493 e. The second-order valence-corrected chi connectivity index (χ2v) is 6.18. The van der Waals surface area contributed by atoms with Gasteiger partial charge in [-0.2, -0.15) is 0 Å². The van der Waals surface area contributed by atoms with E-state index in [1.807, 2.05) is 31.2 Å². The van der Waals surface area contributed by atoms with Crippen LogP contribution in [-0.2, 0) is 4.74 Å². The van der Waals surface area contributed by atoms with Crippen LogP contribution < -0.4 is 20.1 Å². The number of hydrogen-bond acceptors (Lipinski definition) is 5. The minimum absolute atomic E-state index is 0.0546. The second-order valence-electron chi connectivity index (χ2n) is 6.18. The zero-order valence-corrected chi connectivity index (χ0v) is 16.2. The van der Waals surface area contributed by atoms with Crippen LogP contribution in [0.2, 0.25) is 0 Å². The van der Waals surface area contributed by atoms with Crippen molar-refractivity contribution >= 4 is 5.96 Å². The highest BCUT2D eigenvalue weighted by atomic mass is 16.5. The highest BCUT2D eigenvalue weighted by molar-refractivity contribution is 5.79. The third-order valence-electron chi connectivity index (χ3n) is 4.07. The first-order valence-corrected chi connectivity index (χ1v) is 9.35. The molecule has 1 aliphatic rings. The summed E-state index contributed by atoms with van der Waals surface area (Å²) in [5.74, 6) is 2.29. The predicted molar refractivity (Wildman–Crippen MR) is 104 cm³/mol. The van der Waals surface area contributed by atoms with Crippen molar-refractivity contribution in [2.75, 3.05) is 59.6 Å². The SMILES string of the molecule is CCNC(=NCC(C)Oc1ccccc1OC)NCCN1CCOCC1. The van der Waals surface area contributed by atoms with Crippen molar-refractivity contribution in [2.45, 2.75) is 20.0 Å². The van der Waals surface area contributed by atoms with E-state index in [0.717, 1.165) is 63.4 Å². The van der Waals surface area contributed by atoms with E-state index >= 15 is 0 Å². The highest BCUT2D eigenvalue weighted by Gasteiger charge is 2.11. The van der Waals surface area contributed by atoms with E-state index in [9.17, 15) is 0 Å². The van der Waals surface area contributed by atoms with E-state index in [0.29, 0.717) is 6.54 Å². The molecular weight excluding hydrogens is 332 g/mol. The van der Waals surface area contributed by atoms with Gasteiger partial charge in [-0.3, -0.25) is 4.90 Å². The van der Waals surface area contributed by atoms with Gasteiger partial charge in [0.1, 0.15) is 6.10 Å². The monoisotopic (exact) mass is 364 g/mol. The lowest BCUT2D eigenvalue weighted by Gasteiger charge is -2.26. The van der Waals surface area contributed by atoms with Crippen LogP contribution in [0.15, 0.2) is 29.3 Å². The Morgan fingerprint density at radius 2 is 1.96 bits per heavy atom. The molecule has 26 heavy (non-hydrogen) atoms. The summed E-state index contributed by atoms with van der Waals surface area (Å²) in [4.78, 5) is 7.03. The number of ether oxygens (including phenoxy) is 3. The molecule has 1 aliphatic heterocycles. The van der Waals surface area contributed by atoms with E-state index in [1.54, 1.807) is 7.11 Å². The first-order valence-electron chi connectivity index (χ1n) is 9.35. The average Bonchev–Trinajstić information content (AvgIpc) is 2.67. The molecule has 7 nitrogen and oxygen atoms in total. The standard InChI is InChI=1S/C19H32N4O3/c1-4-20-19(21-9-10-23-11-13-25-14-12-23)22-15-16(2)26-18-8-6-5-7-17(18)24-3/h5-8,16H,4,9-15H2,1-3H3,(H2,20,21,22). The first-order chi connectivity index (χ1) is 12.7. The normalized spacial score (nSPS) is 16.8. The van der Waals surface area contributed by atoms with Crippen LogP contribution in [0.3, 0.4) is 0 Å². The number of rotatable bonds is 9. The van der Waals surface area contributed by atoms with Crippen molar-refractivity contribution < 1.29 is 14.2 Å². The number of nitrogens with zero attached hydrogens (tertiary/aromatic N) is 2. The van der Waals surface area contributed by atoms with Crippen LogP contribution >= 0.6 is 0 Å². The van der Waals surface area contributed by atoms with Crippen molar-refractivity contribution in [3.8, 4) is 11.5 Å². The van der Waals surface area contributed by atoms with E-state index in [2.05, 4.69) is 27.4 Å². The van der Waals surface area contributed by atoms with Gasteiger partial charge in [0, 0.05) is 32.7 Å². The van der Waals surface area contributed by atoms with Gasteiger partial charge in [0.15, 0.2) is 17.5 Å². The van der Waals surface area contributed by atoms with Gasteiger partial charge in [-0.15, -0.1) is 0 Å².